The molecule has 0 saturated carbocycles. The number of nitrogens with zero attached hydrogens (tertiary/aromatic N) is 4. The summed E-state index contributed by atoms with van der Waals surface area (Å²) in [5.74, 6) is 0.988. The summed E-state index contributed by atoms with van der Waals surface area (Å²) in [6.07, 6.45) is 3.78. The Labute approximate surface area is 142 Å². The summed E-state index contributed by atoms with van der Waals surface area (Å²) in [6.45, 7) is 3.50. The van der Waals surface area contributed by atoms with Gasteiger partial charge in [-0.3, -0.25) is 9.67 Å². The molecule has 0 fully saturated rings. The molecule has 0 bridgehead atoms. The monoisotopic (exact) mass is 397 g/mol. The lowest BCUT2D eigenvalue weighted by Gasteiger charge is -2.15. The first-order valence-corrected chi connectivity index (χ1v) is 6.86. The first kappa shape index (κ1) is 15.8. The van der Waals surface area contributed by atoms with Crippen LogP contribution in [0.25, 0.3) is 0 Å². The maximum Gasteiger partial charge on any atom is 0.194 e. The van der Waals surface area contributed by atoms with Crippen molar-refractivity contribution >= 4 is 29.9 Å². The Kier molecular flexibility index (Phi) is 5.60. The molecule has 1 aromatic heterocycles. The second kappa shape index (κ2) is 7.44. The molecule has 112 valence electrons. The van der Waals surface area contributed by atoms with Gasteiger partial charge in [-0.2, -0.15) is 5.10 Å². The van der Waals surface area contributed by atoms with Crippen molar-refractivity contribution in [2.75, 3.05) is 20.1 Å². The van der Waals surface area contributed by atoms with Crippen molar-refractivity contribution in [1.29, 1.82) is 0 Å². The summed E-state index contributed by atoms with van der Waals surface area (Å²) >= 11 is 0. The molecule has 1 aromatic carbocycles. The highest BCUT2D eigenvalue weighted by molar-refractivity contribution is 14.0. The molecule has 0 radical (unpaired) electrons. The van der Waals surface area contributed by atoms with E-state index in [4.69, 9.17) is 0 Å². The number of aromatic nitrogens is 2. The first-order chi connectivity index (χ1) is 9.81. The molecule has 1 aliphatic heterocycles. The van der Waals surface area contributed by atoms with E-state index in [-0.39, 0.29) is 24.0 Å². The van der Waals surface area contributed by atoms with E-state index in [9.17, 15) is 0 Å². The molecule has 3 rings (SSSR count). The molecule has 0 amide bonds. The molecule has 0 unspecified atom stereocenters. The number of rotatable bonds is 4. The highest BCUT2D eigenvalue weighted by Crippen LogP contribution is 2.07. The average Bonchev–Trinajstić information content (AvgIpc) is 3.09. The largest absolute Gasteiger partial charge is 0.352 e. The van der Waals surface area contributed by atoms with Crippen molar-refractivity contribution in [3.05, 3.63) is 53.9 Å². The molecule has 6 heteroatoms. The molecule has 2 aromatic rings. The Balaban J connectivity index is 0.00000161. The van der Waals surface area contributed by atoms with E-state index in [1.54, 1.807) is 6.20 Å². The van der Waals surface area contributed by atoms with E-state index in [0.29, 0.717) is 0 Å². The fraction of sp³-hybridized carbons (Fsp3) is 0.333. The van der Waals surface area contributed by atoms with E-state index in [1.807, 2.05) is 16.9 Å². The maximum atomic E-state index is 4.43. The number of halogens is 1. The topological polar surface area (TPSA) is 45.5 Å². The van der Waals surface area contributed by atoms with Gasteiger partial charge in [-0.05, 0) is 17.2 Å². The highest BCUT2D eigenvalue weighted by Gasteiger charge is 2.11. The van der Waals surface area contributed by atoms with Crippen molar-refractivity contribution in [3.63, 3.8) is 0 Å². The normalized spacial score (nSPS) is 13.8. The number of nitrogens with one attached hydrogen (secondary N) is 1. The Morgan fingerprint density at radius 1 is 1.24 bits per heavy atom. The predicted molar refractivity (Wildman–Crippen MR) is 95.0 cm³/mol. The number of guanidine groups is 1. The van der Waals surface area contributed by atoms with Crippen molar-refractivity contribution in [2.45, 2.75) is 13.1 Å². The Morgan fingerprint density at radius 3 is 2.81 bits per heavy atom. The number of aliphatic imine (C=N–C) groups is 1. The van der Waals surface area contributed by atoms with E-state index in [0.717, 1.165) is 32.1 Å². The summed E-state index contributed by atoms with van der Waals surface area (Å²) in [7, 11) is 2.06. The van der Waals surface area contributed by atoms with Crippen LogP contribution in [0.2, 0.25) is 0 Å². The second-order valence-corrected chi connectivity index (χ2v) is 5.00. The van der Waals surface area contributed by atoms with Gasteiger partial charge in [0.2, 0.25) is 0 Å². The average molecular weight is 397 g/mol. The molecule has 1 aliphatic rings. The standard InChI is InChI=1S/C15H19N5.HI/c1-19-9-7-16-15(19)17-11-13-4-2-5-14(10-13)12-20-8-3-6-18-20;/h2-6,8,10H,7,9,11-12H2,1H3,(H,16,17);1H. The third-order valence-electron chi connectivity index (χ3n) is 3.40. The van der Waals surface area contributed by atoms with Crippen LogP contribution in [0.1, 0.15) is 11.1 Å². The molecule has 0 spiro atoms. The number of hydrogen-bond donors (Lipinski definition) is 1. The highest BCUT2D eigenvalue weighted by atomic mass is 127. The van der Waals surface area contributed by atoms with Crippen LogP contribution >= 0.6 is 24.0 Å². The molecule has 0 atom stereocenters. The van der Waals surface area contributed by atoms with Crippen LogP contribution in [0.4, 0.5) is 0 Å². The molecule has 21 heavy (non-hydrogen) atoms. The van der Waals surface area contributed by atoms with Gasteiger partial charge < -0.3 is 10.2 Å². The Hall–Kier alpha value is -1.57. The van der Waals surface area contributed by atoms with Crippen LogP contribution < -0.4 is 5.32 Å². The molecule has 0 aliphatic carbocycles. The zero-order valence-corrected chi connectivity index (χ0v) is 14.4. The van der Waals surface area contributed by atoms with Crippen molar-refractivity contribution in [1.82, 2.24) is 20.0 Å². The van der Waals surface area contributed by atoms with Crippen molar-refractivity contribution in [3.8, 4) is 0 Å². The number of hydrogen-bond acceptors (Lipinski definition) is 4. The van der Waals surface area contributed by atoms with Crippen LogP contribution in [0.5, 0.6) is 0 Å². The molecule has 0 saturated heterocycles. The van der Waals surface area contributed by atoms with Gasteiger partial charge in [0.25, 0.3) is 0 Å². The molecular formula is C15H20IN5. The third kappa shape index (κ3) is 4.20. The number of benzene rings is 1. The summed E-state index contributed by atoms with van der Waals surface area (Å²) in [6, 6.07) is 10.5. The fourth-order valence-corrected chi connectivity index (χ4v) is 2.32. The Morgan fingerprint density at radius 2 is 2.10 bits per heavy atom. The summed E-state index contributed by atoms with van der Waals surface area (Å²) in [4.78, 5) is 6.58. The van der Waals surface area contributed by atoms with Gasteiger partial charge >= 0.3 is 0 Å². The van der Waals surface area contributed by atoms with Crippen LogP contribution in [0, 0.1) is 0 Å². The lowest BCUT2D eigenvalue weighted by molar-refractivity contribution is 0.534. The number of likely N-dealkylation sites (N-methyl/N-ethyl adjacent to an activating group) is 1. The van der Waals surface area contributed by atoms with Crippen LogP contribution in [-0.4, -0.2) is 40.8 Å². The van der Waals surface area contributed by atoms with Crippen LogP contribution in [0.15, 0.2) is 47.7 Å². The van der Waals surface area contributed by atoms with Gasteiger partial charge in [0, 0.05) is 32.5 Å². The van der Waals surface area contributed by atoms with Crippen LogP contribution in [0.3, 0.4) is 0 Å². The lowest BCUT2D eigenvalue weighted by Crippen LogP contribution is -2.35. The quantitative estimate of drug-likeness (QED) is 0.803. The van der Waals surface area contributed by atoms with Gasteiger partial charge in [0.05, 0.1) is 13.1 Å². The van der Waals surface area contributed by atoms with E-state index < -0.39 is 0 Å². The van der Waals surface area contributed by atoms with E-state index in [1.165, 1.54) is 11.1 Å². The van der Waals surface area contributed by atoms with Gasteiger partial charge in [0.1, 0.15) is 0 Å². The zero-order valence-electron chi connectivity index (χ0n) is 12.1. The molecule has 1 N–H and O–H groups in total. The van der Waals surface area contributed by atoms with Gasteiger partial charge in [0.15, 0.2) is 5.96 Å². The van der Waals surface area contributed by atoms with Gasteiger partial charge in [-0.25, -0.2) is 0 Å². The van der Waals surface area contributed by atoms with Gasteiger partial charge in [-0.1, -0.05) is 24.3 Å². The SMILES string of the molecule is CN1CCN=C1NCc1cccc(Cn2cccn2)c1.I. The Bertz CT molecular complexity index is 594. The minimum Gasteiger partial charge on any atom is -0.352 e. The zero-order chi connectivity index (χ0) is 13.8. The smallest absolute Gasteiger partial charge is 0.194 e. The minimum absolute atomic E-state index is 0. The second-order valence-electron chi connectivity index (χ2n) is 5.00. The third-order valence-corrected chi connectivity index (χ3v) is 3.40. The summed E-state index contributed by atoms with van der Waals surface area (Å²) < 4.78 is 1.93. The fourth-order valence-electron chi connectivity index (χ4n) is 2.32. The minimum atomic E-state index is 0. The first-order valence-electron chi connectivity index (χ1n) is 6.86. The predicted octanol–water partition coefficient (Wildman–Crippen LogP) is 1.94. The van der Waals surface area contributed by atoms with E-state index >= 15 is 0 Å². The van der Waals surface area contributed by atoms with Crippen molar-refractivity contribution in [2.24, 2.45) is 4.99 Å². The van der Waals surface area contributed by atoms with Gasteiger partial charge in [-0.15, -0.1) is 24.0 Å². The molecule has 5 nitrogen and oxygen atoms in total. The van der Waals surface area contributed by atoms with Crippen LogP contribution in [-0.2, 0) is 13.1 Å². The maximum absolute atomic E-state index is 4.43. The molecular weight excluding hydrogens is 377 g/mol. The summed E-state index contributed by atoms with van der Waals surface area (Å²) in [5.41, 5.74) is 2.52. The molecule has 2 heterocycles. The lowest BCUT2D eigenvalue weighted by atomic mass is 10.1. The van der Waals surface area contributed by atoms with E-state index in [2.05, 4.69) is 51.6 Å². The summed E-state index contributed by atoms with van der Waals surface area (Å²) in [5, 5.41) is 7.62. The van der Waals surface area contributed by atoms with Crippen molar-refractivity contribution < 1.29 is 0 Å².